The number of hydrogen-bond acceptors (Lipinski definition) is 3. The number of methoxy groups -OCH3 is 1. The molecular weight excluding hydrogens is 190 g/mol. The first-order valence-corrected chi connectivity index (χ1v) is 5.39. The number of aromatic nitrogens is 2. The molecule has 0 amide bonds. The second kappa shape index (κ2) is 5.88. The molecule has 15 heavy (non-hydrogen) atoms. The molecule has 0 fully saturated rings. The van der Waals surface area contributed by atoms with Gasteiger partial charge in [-0.25, -0.2) is 4.98 Å². The second-order valence-electron chi connectivity index (χ2n) is 3.78. The highest BCUT2D eigenvalue weighted by molar-refractivity contribution is 5.08. The third-order valence-electron chi connectivity index (χ3n) is 2.62. The lowest BCUT2D eigenvalue weighted by Crippen LogP contribution is -2.37. The highest BCUT2D eigenvalue weighted by atomic mass is 16.5. The molecule has 4 heteroatoms. The van der Waals surface area contributed by atoms with Gasteiger partial charge >= 0.3 is 0 Å². The summed E-state index contributed by atoms with van der Waals surface area (Å²) < 4.78 is 7.35. The summed E-state index contributed by atoms with van der Waals surface area (Å²) in [5.74, 6) is 0. The van der Waals surface area contributed by atoms with E-state index in [0.717, 1.165) is 25.4 Å². The summed E-state index contributed by atoms with van der Waals surface area (Å²) in [6.45, 7) is 8.83. The van der Waals surface area contributed by atoms with Crippen molar-refractivity contribution in [3.05, 3.63) is 17.7 Å². The predicted molar refractivity (Wildman–Crippen MR) is 61.0 cm³/mol. The van der Waals surface area contributed by atoms with Crippen molar-refractivity contribution in [3.8, 4) is 0 Å². The van der Waals surface area contributed by atoms with Crippen LogP contribution in [0.5, 0.6) is 0 Å². The second-order valence-corrected chi connectivity index (χ2v) is 3.78. The first-order valence-electron chi connectivity index (χ1n) is 5.39. The fraction of sp³-hybridized carbons (Fsp3) is 0.727. The van der Waals surface area contributed by atoms with E-state index in [0.29, 0.717) is 6.04 Å². The Balaban J connectivity index is 2.60. The van der Waals surface area contributed by atoms with Gasteiger partial charge in [-0.15, -0.1) is 0 Å². The minimum atomic E-state index is 0.354. The molecule has 0 aromatic carbocycles. The zero-order valence-electron chi connectivity index (χ0n) is 10.1. The van der Waals surface area contributed by atoms with E-state index in [1.807, 2.05) is 13.3 Å². The average molecular weight is 211 g/mol. The molecule has 0 spiro atoms. The molecule has 0 aliphatic carbocycles. The van der Waals surface area contributed by atoms with Crippen molar-refractivity contribution < 1.29 is 4.74 Å². The monoisotopic (exact) mass is 211 g/mol. The lowest BCUT2D eigenvalue weighted by molar-refractivity contribution is 0.159. The number of aryl methyl sites for hydroxylation is 1. The maximum atomic E-state index is 5.18. The smallest absolute Gasteiger partial charge is 0.0951 e. The van der Waals surface area contributed by atoms with Gasteiger partial charge in [0.05, 0.1) is 18.6 Å². The van der Waals surface area contributed by atoms with Crippen molar-refractivity contribution >= 4 is 0 Å². The maximum absolute atomic E-state index is 5.18. The zero-order chi connectivity index (χ0) is 11.3. The van der Waals surface area contributed by atoms with Gasteiger partial charge in [-0.05, 0) is 20.4 Å². The van der Waals surface area contributed by atoms with Crippen LogP contribution in [0.4, 0.5) is 0 Å². The van der Waals surface area contributed by atoms with E-state index in [9.17, 15) is 0 Å². The van der Waals surface area contributed by atoms with Crippen LogP contribution in [-0.4, -0.2) is 35.9 Å². The Labute approximate surface area is 91.7 Å². The zero-order valence-corrected chi connectivity index (χ0v) is 10.1. The van der Waals surface area contributed by atoms with Gasteiger partial charge in [0.25, 0.3) is 0 Å². The third-order valence-corrected chi connectivity index (χ3v) is 2.62. The molecule has 1 aromatic rings. The molecule has 4 nitrogen and oxygen atoms in total. The van der Waals surface area contributed by atoms with Gasteiger partial charge in [-0.2, -0.15) is 0 Å². The predicted octanol–water partition coefficient (Wildman–Crippen LogP) is 1.12. The first-order chi connectivity index (χ1) is 7.19. The molecule has 1 heterocycles. The summed E-state index contributed by atoms with van der Waals surface area (Å²) >= 11 is 0. The molecule has 0 bridgehead atoms. The molecule has 1 atom stereocenters. The average Bonchev–Trinajstić information content (AvgIpc) is 2.51. The minimum absolute atomic E-state index is 0.354. The summed E-state index contributed by atoms with van der Waals surface area (Å²) in [5.41, 5.74) is 2.33. The summed E-state index contributed by atoms with van der Waals surface area (Å²) in [4.78, 5) is 4.28. The van der Waals surface area contributed by atoms with Crippen LogP contribution >= 0.6 is 0 Å². The lowest BCUT2D eigenvalue weighted by atomic mass is 10.3. The van der Waals surface area contributed by atoms with Gasteiger partial charge in [0.15, 0.2) is 0 Å². The quantitative estimate of drug-likeness (QED) is 0.766. The van der Waals surface area contributed by atoms with Crippen LogP contribution in [0.15, 0.2) is 6.33 Å². The molecule has 1 N–H and O–H groups in total. The number of likely N-dealkylation sites (N-methyl/N-ethyl adjacent to an activating group) is 1. The lowest BCUT2D eigenvalue weighted by Gasteiger charge is -2.18. The highest BCUT2D eigenvalue weighted by Gasteiger charge is 2.10. The van der Waals surface area contributed by atoms with Crippen molar-refractivity contribution in [2.45, 2.75) is 33.4 Å². The van der Waals surface area contributed by atoms with Crippen LogP contribution in [0.2, 0.25) is 0 Å². The van der Waals surface area contributed by atoms with Crippen LogP contribution < -0.4 is 5.32 Å². The van der Waals surface area contributed by atoms with Gasteiger partial charge in [0, 0.05) is 25.4 Å². The summed E-state index contributed by atoms with van der Waals surface area (Å²) in [7, 11) is 1.73. The van der Waals surface area contributed by atoms with E-state index in [1.165, 1.54) is 5.69 Å². The van der Waals surface area contributed by atoms with Gasteiger partial charge in [0.1, 0.15) is 0 Å². The van der Waals surface area contributed by atoms with E-state index in [1.54, 1.807) is 7.11 Å². The van der Waals surface area contributed by atoms with Crippen LogP contribution in [0.3, 0.4) is 0 Å². The van der Waals surface area contributed by atoms with Crippen LogP contribution in [0.25, 0.3) is 0 Å². The molecular formula is C11H21N3O. The molecule has 1 rings (SSSR count). The standard InChI is InChI=1S/C11H21N3O/c1-5-12-11(7-15-4)6-14-8-13-9(2)10(14)3/h8,11-12H,5-7H2,1-4H3. The van der Waals surface area contributed by atoms with Crippen molar-refractivity contribution in [3.63, 3.8) is 0 Å². The van der Waals surface area contributed by atoms with Crippen LogP contribution in [-0.2, 0) is 11.3 Å². The summed E-state index contributed by atoms with van der Waals surface area (Å²) in [5, 5.41) is 3.39. The Morgan fingerprint density at radius 3 is 2.73 bits per heavy atom. The fourth-order valence-electron chi connectivity index (χ4n) is 1.63. The van der Waals surface area contributed by atoms with Crippen LogP contribution in [0.1, 0.15) is 18.3 Å². The Morgan fingerprint density at radius 2 is 2.27 bits per heavy atom. The Kier molecular flexibility index (Phi) is 4.78. The van der Waals surface area contributed by atoms with Gasteiger partial charge in [-0.3, -0.25) is 0 Å². The molecule has 1 aromatic heterocycles. The largest absolute Gasteiger partial charge is 0.383 e. The maximum Gasteiger partial charge on any atom is 0.0951 e. The normalized spacial score (nSPS) is 13.1. The minimum Gasteiger partial charge on any atom is -0.383 e. The van der Waals surface area contributed by atoms with E-state index in [2.05, 4.69) is 28.7 Å². The molecule has 86 valence electrons. The number of rotatable bonds is 6. The number of ether oxygens (including phenoxy) is 1. The van der Waals surface area contributed by atoms with Crippen LogP contribution in [0, 0.1) is 13.8 Å². The van der Waals surface area contributed by atoms with Gasteiger partial charge in [0.2, 0.25) is 0 Å². The molecule has 0 radical (unpaired) electrons. The Morgan fingerprint density at radius 1 is 1.53 bits per heavy atom. The summed E-state index contributed by atoms with van der Waals surface area (Å²) in [6, 6.07) is 0.354. The molecule has 1 unspecified atom stereocenters. The summed E-state index contributed by atoms with van der Waals surface area (Å²) in [6.07, 6.45) is 1.89. The molecule has 0 saturated heterocycles. The van der Waals surface area contributed by atoms with Crippen molar-refractivity contribution in [1.82, 2.24) is 14.9 Å². The number of hydrogen-bond donors (Lipinski definition) is 1. The topological polar surface area (TPSA) is 39.1 Å². The molecule has 0 aliphatic heterocycles. The van der Waals surface area contributed by atoms with E-state index in [-0.39, 0.29) is 0 Å². The number of nitrogens with zero attached hydrogens (tertiary/aromatic N) is 2. The third kappa shape index (κ3) is 3.32. The van der Waals surface area contributed by atoms with E-state index >= 15 is 0 Å². The fourth-order valence-corrected chi connectivity index (χ4v) is 1.63. The van der Waals surface area contributed by atoms with Crippen molar-refractivity contribution in [2.75, 3.05) is 20.3 Å². The SMILES string of the molecule is CCNC(COC)Cn1cnc(C)c1C. The Hall–Kier alpha value is -0.870. The number of nitrogens with one attached hydrogen (secondary N) is 1. The molecule has 0 aliphatic rings. The van der Waals surface area contributed by atoms with E-state index in [4.69, 9.17) is 4.74 Å². The number of imidazole rings is 1. The van der Waals surface area contributed by atoms with Crippen molar-refractivity contribution in [2.24, 2.45) is 0 Å². The van der Waals surface area contributed by atoms with E-state index < -0.39 is 0 Å². The first kappa shape index (κ1) is 12.2. The van der Waals surface area contributed by atoms with Gasteiger partial charge < -0.3 is 14.6 Å². The molecule has 0 saturated carbocycles. The Bertz CT molecular complexity index is 290. The van der Waals surface area contributed by atoms with Gasteiger partial charge in [-0.1, -0.05) is 6.92 Å². The van der Waals surface area contributed by atoms with Crippen molar-refractivity contribution in [1.29, 1.82) is 0 Å². The highest BCUT2D eigenvalue weighted by Crippen LogP contribution is 2.05.